The molecule has 0 radical (unpaired) electrons. The molecule has 27 heavy (non-hydrogen) atoms. The highest BCUT2D eigenvalue weighted by atomic mass is 16.6. The summed E-state index contributed by atoms with van der Waals surface area (Å²) in [5.41, 5.74) is 2.65. The molecule has 1 N–H and O–H groups in total. The Morgan fingerprint density at radius 3 is 2.70 bits per heavy atom. The highest BCUT2D eigenvalue weighted by Crippen LogP contribution is 2.72. The third-order valence-electron chi connectivity index (χ3n) is 9.62. The second-order valence-corrected chi connectivity index (χ2v) is 10.4. The Bertz CT molecular complexity index is 806. The molecule has 4 nitrogen and oxygen atoms in total. The maximum absolute atomic E-state index is 11.9. The van der Waals surface area contributed by atoms with Crippen LogP contribution < -0.4 is 0 Å². The summed E-state index contributed by atoms with van der Waals surface area (Å²) in [4.78, 5) is 11.9. The molecule has 1 heterocycles. The molecule has 0 amide bonds. The molecule has 0 aromatic rings. The van der Waals surface area contributed by atoms with Crippen LogP contribution in [-0.2, 0) is 9.53 Å². The van der Waals surface area contributed by atoms with Crippen LogP contribution in [0.4, 0.5) is 0 Å². The van der Waals surface area contributed by atoms with E-state index in [-0.39, 0.29) is 17.0 Å². The standard InChI is InChI=1S/C23H29NO3/c1-21-7-4-15-16-3-2-14(24-26)12-19(16)22(10-11-22)13-17(15)18(21)5-8-23(21)9-6-20(25)27-23/h6,9,12,15-18,26H,2-5,7-8,10-11,13H2,1H3/b24-14+/t15?,16-,17?,18?,21+,23-/m1/s1. The molecule has 0 saturated heterocycles. The normalized spacial score (nSPS) is 50.3. The molecule has 0 aromatic carbocycles. The van der Waals surface area contributed by atoms with Crippen molar-refractivity contribution in [2.45, 2.75) is 70.3 Å². The van der Waals surface area contributed by atoms with E-state index in [1.165, 1.54) is 32.1 Å². The summed E-state index contributed by atoms with van der Waals surface area (Å²) in [6.07, 6.45) is 16.6. The van der Waals surface area contributed by atoms with Crippen molar-refractivity contribution < 1.29 is 14.7 Å². The van der Waals surface area contributed by atoms with Crippen LogP contribution in [-0.4, -0.2) is 22.5 Å². The van der Waals surface area contributed by atoms with Crippen LogP contribution in [0.5, 0.6) is 0 Å². The smallest absolute Gasteiger partial charge is 0.331 e. The number of hydrogen-bond acceptors (Lipinski definition) is 4. The fourth-order valence-corrected chi connectivity index (χ4v) is 8.14. The number of carbonyl (C=O) groups excluding carboxylic acids is 1. The average molecular weight is 367 g/mol. The molecule has 4 saturated carbocycles. The minimum atomic E-state index is -0.337. The van der Waals surface area contributed by atoms with E-state index >= 15 is 0 Å². The molecule has 1 aliphatic heterocycles. The lowest BCUT2D eigenvalue weighted by molar-refractivity contribution is -0.161. The van der Waals surface area contributed by atoms with Gasteiger partial charge in [-0.05, 0) is 99.0 Å². The van der Waals surface area contributed by atoms with Crippen molar-refractivity contribution in [3.63, 3.8) is 0 Å². The predicted molar refractivity (Wildman–Crippen MR) is 101 cm³/mol. The number of rotatable bonds is 0. The van der Waals surface area contributed by atoms with E-state index in [1.54, 1.807) is 11.6 Å². The highest BCUT2D eigenvalue weighted by molar-refractivity contribution is 5.96. The van der Waals surface area contributed by atoms with E-state index in [0.29, 0.717) is 17.3 Å². The molecule has 3 unspecified atom stereocenters. The van der Waals surface area contributed by atoms with Crippen LogP contribution in [0.2, 0.25) is 0 Å². The number of ether oxygens (including phenoxy) is 1. The minimum absolute atomic E-state index is 0.0977. The molecule has 6 rings (SSSR count). The van der Waals surface area contributed by atoms with Crippen LogP contribution in [0.25, 0.3) is 0 Å². The van der Waals surface area contributed by atoms with Gasteiger partial charge in [0, 0.05) is 11.5 Å². The van der Waals surface area contributed by atoms with Gasteiger partial charge in [-0.15, -0.1) is 0 Å². The molecule has 6 atom stereocenters. The zero-order chi connectivity index (χ0) is 18.4. The van der Waals surface area contributed by atoms with E-state index in [1.807, 2.05) is 0 Å². The first-order valence-corrected chi connectivity index (χ1v) is 10.9. The van der Waals surface area contributed by atoms with E-state index in [4.69, 9.17) is 4.74 Å². The van der Waals surface area contributed by atoms with Crippen molar-refractivity contribution in [2.24, 2.45) is 39.7 Å². The van der Waals surface area contributed by atoms with Crippen molar-refractivity contribution in [3.05, 3.63) is 23.8 Å². The highest BCUT2D eigenvalue weighted by Gasteiger charge is 2.67. The van der Waals surface area contributed by atoms with Gasteiger partial charge in [0.05, 0.1) is 5.71 Å². The molecular weight excluding hydrogens is 338 g/mol. The van der Waals surface area contributed by atoms with Gasteiger partial charge in [-0.3, -0.25) is 0 Å². The Kier molecular flexibility index (Phi) is 3.07. The second kappa shape index (κ2) is 5.07. The summed E-state index contributed by atoms with van der Waals surface area (Å²) in [6, 6.07) is 0. The molecule has 4 heteroatoms. The average Bonchev–Trinajstić information content (AvgIpc) is 3.24. The first-order chi connectivity index (χ1) is 13.0. The van der Waals surface area contributed by atoms with Gasteiger partial charge in [-0.2, -0.15) is 0 Å². The van der Waals surface area contributed by atoms with Crippen molar-refractivity contribution >= 4 is 11.7 Å². The largest absolute Gasteiger partial charge is 0.451 e. The number of oxime groups is 1. The van der Waals surface area contributed by atoms with Crippen LogP contribution >= 0.6 is 0 Å². The third kappa shape index (κ3) is 1.95. The number of fused-ring (bicyclic) bond motifs is 7. The predicted octanol–water partition coefficient (Wildman–Crippen LogP) is 4.63. The molecule has 2 spiro atoms. The van der Waals surface area contributed by atoms with E-state index < -0.39 is 0 Å². The lowest BCUT2D eigenvalue weighted by Gasteiger charge is -2.57. The Hall–Kier alpha value is -1.58. The first kappa shape index (κ1) is 16.4. The number of allylic oxidation sites excluding steroid dienone is 2. The molecule has 0 bridgehead atoms. The summed E-state index contributed by atoms with van der Waals surface area (Å²) in [5, 5.41) is 12.8. The third-order valence-corrected chi connectivity index (χ3v) is 9.62. The van der Waals surface area contributed by atoms with Gasteiger partial charge >= 0.3 is 5.97 Å². The monoisotopic (exact) mass is 367 g/mol. The molecule has 6 aliphatic rings. The van der Waals surface area contributed by atoms with Gasteiger partial charge in [-0.25, -0.2) is 4.79 Å². The summed E-state index contributed by atoms with van der Waals surface area (Å²) in [5.74, 6) is 2.72. The van der Waals surface area contributed by atoms with E-state index in [9.17, 15) is 10.0 Å². The van der Waals surface area contributed by atoms with Gasteiger partial charge in [0.15, 0.2) is 0 Å². The van der Waals surface area contributed by atoms with Gasteiger partial charge in [0.2, 0.25) is 0 Å². The van der Waals surface area contributed by atoms with Crippen molar-refractivity contribution in [1.29, 1.82) is 0 Å². The second-order valence-electron chi connectivity index (χ2n) is 10.4. The van der Waals surface area contributed by atoms with Crippen LogP contribution in [0, 0.1) is 34.5 Å². The van der Waals surface area contributed by atoms with Crippen LogP contribution in [0.15, 0.2) is 29.0 Å². The maximum atomic E-state index is 11.9. The van der Waals surface area contributed by atoms with Crippen molar-refractivity contribution in [3.8, 4) is 0 Å². The molecule has 0 aromatic heterocycles. The van der Waals surface area contributed by atoms with Gasteiger partial charge in [0.1, 0.15) is 5.60 Å². The summed E-state index contributed by atoms with van der Waals surface area (Å²) >= 11 is 0. The topological polar surface area (TPSA) is 58.9 Å². The number of nitrogens with zero attached hydrogens (tertiary/aromatic N) is 1. The van der Waals surface area contributed by atoms with Crippen LogP contribution in [0.3, 0.4) is 0 Å². The number of esters is 1. The zero-order valence-electron chi connectivity index (χ0n) is 16.1. The fraction of sp³-hybridized carbons (Fsp3) is 0.739. The number of carbonyl (C=O) groups is 1. The maximum Gasteiger partial charge on any atom is 0.331 e. The van der Waals surface area contributed by atoms with Gasteiger partial charge in [-0.1, -0.05) is 17.7 Å². The summed E-state index contributed by atoms with van der Waals surface area (Å²) in [6.45, 7) is 2.41. The molecular formula is C23H29NO3. The first-order valence-electron chi connectivity index (χ1n) is 10.9. The fourth-order valence-electron chi connectivity index (χ4n) is 8.14. The Labute approximate surface area is 160 Å². The van der Waals surface area contributed by atoms with Crippen LogP contribution in [0.1, 0.15) is 64.7 Å². The van der Waals surface area contributed by atoms with Gasteiger partial charge in [0.25, 0.3) is 0 Å². The SMILES string of the molecule is C[C@]12CCC3C(CC4(CC4)C4=C/C(=N/O)CC[C@@H]43)C1CC[C@@]21C=CC(=O)O1. The van der Waals surface area contributed by atoms with Crippen molar-refractivity contribution in [2.75, 3.05) is 0 Å². The summed E-state index contributed by atoms with van der Waals surface area (Å²) < 4.78 is 5.96. The Morgan fingerprint density at radius 1 is 1.15 bits per heavy atom. The Morgan fingerprint density at radius 2 is 2.00 bits per heavy atom. The summed E-state index contributed by atoms with van der Waals surface area (Å²) in [7, 11) is 0. The lowest BCUT2D eigenvalue weighted by atomic mass is 9.48. The number of hydrogen-bond donors (Lipinski definition) is 1. The quantitative estimate of drug-likeness (QED) is 0.386. The van der Waals surface area contributed by atoms with Crippen molar-refractivity contribution in [1.82, 2.24) is 0 Å². The van der Waals surface area contributed by atoms with E-state index in [0.717, 1.165) is 43.2 Å². The zero-order valence-corrected chi connectivity index (χ0v) is 16.1. The molecule has 5 aliphatic carbocycles. The Balaban J connectivity index is 1.38. The molecule has 4 fully saturated rings. The van der Waals surface area contributed by atoms with E-state index in [2.05, 4.69) is 24.2 Å². The molecule has 144 valence electrons. The lowest BCUT2D eigenvalue weighted by Crippen LogP contribution is -2.53. The minimum Gasteiger partial charge on any atom is -0.451 e. The van der Waals surface area contributed by atoms with Gasteiger partial charge < -0.3 is 9.94 Å².